The molecule has 4 atom stereocenters. The zero-order valence-electron chi connectivity index (χ0n) is 18.2. The Bertz CT molecular complexity index is 1160. The molecule has 1 aromatic carbocycles. The van der Waals surface area contributed by atoms with E-state index < -0.39 is 6.17 Å². The number of hydrogen-bond donors (Lipinski definition) is 2. The molecule has 2 aliphatic rings. The minimum Gasteiger partial charge on any atom is -0.507 e. The molecule has 2 bridgehead atoms. The number of anilines is 1. The van der Waals surface area contributed by atoms with E-state index in [1.54, 1.807) is 44.4 Å². The van der Waals surface area contributed by atoms with Crippen LogP contribution in [0.4, 0.5) is 10.2 Å². The molecule has 0 saturated carbocycles. The van der Waals surface area contributed by atoms with Crippen molar-refractivity contribution in [3.05, 3.63) is 36.1 Å². The van der Waals surface area contributed by atoms with Gasteiger partial charge in [-0.15, -0.1) is 10.2 Å². The monoisotopic (exact) mass is 439 g/mol. The van der Waals surface area contributed by atoms with Gasteiger partial charge in [-0.1, -0.05) is 0 Å². The molecule has 4 heterocycles. The summed E-state index contributed by atoms with van der Waals surface area (Å²) in [5, 5.41) is 23.1. The van der Waals surface area contributed by atoms with Crippen LogP contribution in [0.3, 0.4) is 0 Å². The fourth-order valence-corrected chi connectivity index (χ4v) is 4.78. The first-order valence-electron chi connectivity index (χ1n) is 10.8. The number of carbonyl (C=O) groups is 1. The number of carbonyl (C=O) groups excluding carboxylic acids is 1. The number of amides is 1. The lowest BCUT2D eigenvalue weighted by Gasteiger charge is -2.38. The van der Waals surface area contributed by atoms with Gasteiger partial charge in [-0.3, -0.25) is 4.79 Å². The van der Waals surface area contributed by atoms with Gasteiger partial charge in [0.15, 0.2) is 11.6 Å². The SMILES string of the molecule is CN(C)C(=O)c1cc2cc(O)c(-c3ccc(N(C)[C@H]4CC5CCC(N5)[C@H]4F)nn3)cc2o1. The molecule has 2 N–H and O–H groups in total. The van der Waals surface area contributed by atoms with Gasteiger partial charge in [0.2, 0.25) is 0 Å². The largest absolute Gasteiger partial charge is 0.507 e. The summed E-state index contributed by atoms with van der Waals surface area (Å²) in [6.07, 6.45) is 1.67. The van der Waals surface area contributed by atoms with Gasteiger partial charge in [-0.25, -0.2) is 4.39 Å². The van der Waals surface area contributed by atoms with Gasteiger partial charge < -0.3 is 24.6 Å². The van der Waals surface area contributed by atoms with E-state index >= 15 is 0 Å². The van der Waals surface area contributed by atoms with Gasteiger partial charge in [0.05, 0.1) is 11.7 Å². The Kier molecular flexibility index (Phi) is 5.00. The molecule has 32 heavy (non-hydrogen) atoms. The molecule has 3 aromatic rings. The van der Waals surface area contributed by atoms with Crippen molar-refractivity contribution < 1.29 is 18.7 Å². The average molecular weight is 439 g/mol. The molecule has 0 spiro atoms. The van der Waals surface area contributed by atoms with Crippen molar-refractivity contribution in [3.8, 4) is 17.0 Å². The Balaban J connectivity index is 1.41. The molecule has 9 heteroatoms. The highest BCUT2D eigenvalue weighted by Gasteiger charge is 2.43. The summed E-state index contributed by atoms with van der Waals surface area (Å²) < 4.78 is 20.6. The smallest absolute Gasteiger partial charge is 0.289 e. The van der Waals surface area contributed by atoms with Crippen LogP contribution in [0.15, 0.2) is 34.7 Å². The van der Waals surface area contributed by atoms with Crippen molar-refractivity contribution in [2.45, 2.75) is 43.6 Å². The third-order valence-corrected chi connectivity index (χ3v) is 6.59. The molecule has 2 aliphatic heterocycles. The standard InChI is InChI=1S/C23H26FN5O3/c1-28(2)23(31)20-9-12-8-18(30)14(11-19(12)32-20)15-6-7-21(27-26-15)29(3)17-10-13-4-5-16(25-13)22(17)24/h6-9,11,13,16-17,22,25,30H,4-5,10H2,1-3H3/t13?,16?,17-,22+/m0/s1. The Morgan fingerprint density at radius 2 is 2.00 bits per heavy atom. The maximum atomic E-state index is 14.9. The highest BCUT2D eigenvalue weighted by atomic mass is 19.1. The number of fused-ring (bicyclic) bond motifs is 3. The average Bonchev–Trinajstić information content (AvgIpc) is 3.39. The second kappa shape index (κ2) is 7.74. The van der Waals surface area contributed by atoms with Crippen molar-refractivity contribution in [3.63, 3.8) is 0 Å². The summed E-state index contributed by atoms with van der Waals surface area (Å²) in [6.45, 7) is 0. The van der Waals surface area contributed by atoms with Gasteiger partial charge >= 0.3 is 0 Å². The van der Waals surface area contributed by atoms with Crippen LogP contribution < -0.4 is 10.2 Å². The van der Waals surface area contributed by atoms with Crippen LogP contribution >= 0.6 is 0 Å². The molecular formula is C23H26FN5O3. The summed E-state index contributed by atoms with van der Waals surface area (Å²) in [6, 6.07) is 8.35. The predicted molar refractivity (Wildman–Crippen MR) is 119 cm³/mol. The van der Waals surface area contributed by atoms with Crippen LogP contribution in [0, 0.1) is 0 Å². The lowest BCUT2D eigenvalue weighted by Crippen LogP contribution is -2.55. The highest BCUT2D eigenvalue weighted by Crippen LogP contribution is 2.36. The second-order valence-corrected chi connectivity index (χ2v) is 8.90. The third kappa shape index (κ3) is 3.46. The first kappa shape index (κ1) is 20.7. The zero-order chi connectivity index (χ0) is 22.6. The maximum Gasteiger partial charge on any atom is 0.289 e. The maximum absolute atomic E-state index is 14.9. The van der Waals surface area contributed by atoms with E-state index in [0.717, 1.165) is 19.3 Å². The molecule has 1 amide bonds. The molecule has 0 radical (unpaired) electrons. The molecule has 0 aliphatic carbocycles. The number of rotatable bonds is 4. The predicted octanol–water partition coefficient (Wildman–Crippen LogP) is 2.96. The summed E-state index contributed by atoms with van der Waals surface area (Å²) >= 11 is 0. The van der Waals surface area contributed by atoms with Crippen molar-refractivity contribution in [1.82, 2.24) is 20.4 Å². The molecule has 168 valence electrons. The normalized spacial score (nSPS) is 24.6. The summed E-state index contributed by atoms with van der Waals surface area (Å²) in [7, 11) is 5.14. The minimum absolute atomic E-state index is 0.0105. The lowest BCUT2D eigenvalue weighted by molar-refractivity contribution is 0.0799. The third-order valence-electron chi connectivity index (χ3n) is 6.59. The first-order chi connectivity index (χ1) is 15.3. The number of phenols is 1. The van der Waals surface area contributed by atoms with Crippen LogP contribution in [0.2, 0.25) is 0 Å². The first-order valence-corrected chi connectivity index (χ1v) is 10.8. The van der Waals surface area contributed by atoms with Crippen LogP contribution in [0.25, 0.3) is 22.2 Å². The second-order valence-electron chi connectivity index (χ2n) is 8.90. The summed E-state index contributed by atoms with van der Waals surface area (Å²) in [5.74, 6) is 0.532. The van der Waals surface area contributed by atoms with Crippen LogP contribution in [-0.4, -0.2) is 71.6 Å². The number of piperidine rings is 1. The van der Waals surface area contributed by atoms with E-state index in [4.69, 9.17) is 4.42 Å². The molecule has 5 rings (SSSR count). The molecule has 8 nitrogen and oxygen atoms in total. The number of aromatic hydroxyl groups is 1. The van der Waals surface area contributed by atoms with Gasteiger partial charge in [0.1, 0.15) is 17.5 Å². The van der Waals surface area contributed by atoms with E-state index in [1.165, 1.54) is 4.90 Å². The van der Waals surface area contributed by atoms with E-state index in [0.29, 0.717) is 34.1 Å². The molecule has 2 saturated heterocycles. The fraction of sp³-hybridized carbons (Fsp3) is 0.435. The molecular weight excluding hydrogens is 413 g/mol. The van der Waals surface area contributed by atoms with Crippen LogP contribution in [0.1, 0.15) is 29.8 Å². The Morgan fingerprint density at radius 3 is 2.72 bits per heavy atom. The summed E-state index contributed by atoms with van der Waals surface area (Å²) in [4.78, 5) is 15.5. The highest BCUT2D eigenvalue weighted by molar-refractivity contribution is 5.97. The number of nitrogens with zero attached hydrogens (tertiary/aromatic N) is 4. The number of alkyl halides is 1. The number of halogens is 1. The molecule has 2 aromatic heterocycles. The van der Waals surface area contributed by atoms with Crippen molar-refractivity contribution in [2.75, 3.05) is 26.0 Å². The van der Waals surface area contributed by atoms with Crippen LogP contribution in [0.5, 0.6) is 5.75 Å². The van der Waals surface area contributed by atoms with Gasteiger partial charge in [0, 0.05) is 44.2 Å². The molecule has 2 fully saturated rings. The van der Waals surface area contributed by atoms with Gasteiger partial charge in [0.25, 0.3) is 5.91 Å². The Hall–Kier alpha value is -3.20. The van der Waals surface area contributed by atoms with E-state index in [2.05, 4.69) is 15.5 Å². The van der Waals surface area contributed by atoms with Crippen molar-refractivity contribution in [2.24, 2.45) is 0 Å². The number of hydrogen-bond acceptors (Lipinski definition) is 7. The van der Waals surface area contributed by atoms with E-state index in [1.807, 2.05) is 11.9 Å². The number of furan rings is 1. The summed E-state index contributed by atoms with van der Waals surface area (Å²) in [5.41, 5.74) is 1.37. The Labute approximate surface area is 185 Å². The van der Waals surface area contributed by atoms with Gasteiger partial charge in [-0.2, -0.15) is 0 Å². The fourth-order valence-electron chi connectivity index (χ4n) is 4.78. The van der Waals surface area contributed by atoms with Crippen LogP contribution in [-0.2, 0) is 0 Å². The number of aromatic nitrogens is 2. The lowest BCUT2D eigenvalue weighted by atomic mass is 9.96. The van der Waals surface area contributed by atoms with E-state index in [-0.39, 0.29) is 29.5 Å². The molecule has 2 unspecified atom stereocenters. The van der Waals surface area contributed by atoms with E-state index in [9.17, 15) is 14.3 Å². The topological polar surface area (TPSA) is 94.7 Å². The number of nitrogens with one attached hydrogen (secondary N) is 1. The Morgan fingerprint density at radius 1 is 1.19 bits per heavy atom. The zero-order valence-corrected chi connectivity index (χ0v) is 18.2. The number of phenolic OH excluding ortho intramolecular Hbond substituents is 1. The minimum atomic E-state index is -0.954. The van der Waals surface area contributed by atoms with Crippen molar-refractivity contribution >= 4 is 22.7 Å². The van der Waals surface area contributed by atoms with Gasteiger partial charge in [-0.05, 0) is 49.6 Å². The van der Waals surface area contributed by atoms with Crippen molar-refractivity contribution in [1.29, 1.82) is 0 Å². The quantitative estimate of drug-likeness (QED) is 0.645. The number of benzene rings is 1.